The quantitative estimate of drug-likeness (QED) is 0.233. The Bertz CT molecular complexity index is 1380. The van der Waals surface area contributed by atoms with Crippen LogP contribution in [0.5, 0.6) is 11.5 Å². The highest BCUT2D eigenvalue weighted by Gasteiger charge is 2.21. The number of ether oxygens (including phenoxy) is 1. The number of unbranched alkanes of at least 4 members (excludes halogenated alkanes) is 1. The van der Waals surface area contributed by atoms with Crippen LogP contribution in [0.15, 0.2) is 70.0 Å². The third kappa shape index (κ3) is 7.55. The molecule has 0 atom stereocenters. The Morgan fingerprint density at radius 3 is 2.50 bits per heavy atom. The largest absolute Gasteiger partial charge is 0.455 e. The van der Waals surface area contributed by atoms with Crippen molar-refractivity contribution in [1.82, 2.24) is 5.32 Å². The number of primary amides is 1. The molecule has 0 spiro atoms. The number of aryl methyl sites for hydroxylation is 1. The molecular formula is C28H31BrFN3O4S. The van der Waals surface area contributed by atoms with Gasteiger partial charge in [-0.2, -0.15) is 0 Å². The van der Waals surface area contributed by atoms with Crippen molar-refractivity contribution in [2.45, 2.75) is 43.4 Å². The average Bonchev–Trinajstić information content (AvgIpc) is 2.89. The molecule has 0 saturated carbocycles. The molecule has 1 saturated heterocycles. The highest BCUT2D eigenvalue weighted by molar-refractivity contribution is 9.10. The van der Waals surface area contributed by atoms with E-state index in [1.807, 2.05) is 0 Å². The van der Waals surface area contributed by atoms with E-state index in [0.717, 1.165) is 42.9 Å². The molecular weight excluding hydrogens is 573 g/mol. The summed E-state index contributed by atoms with van der Waals surface area (Å²) in [5.74, 6) is 0.0693. The van der Waals surface area contributed by atoms with E-state index >= 15 is 0 Å². The minimum Gasteiger partial charge on any atom is -0.455 e. The van der Waals surface area contributed by atoms with Gasteiger partial charge in [0.15, 0.2) is 5.75 Å². The number of hydrogen-bond acceptors (Lipinski definition) is 5. The van der Waals surface area contributed by atoms with E-state index in [4.69, 9.17) is 10.5 Å². The van der Waals surface area contributed by atoms with Crippen LogP contribution in [0.4, 0.5) is 10.1 Å². The van der Waals surface area contributed by atoms with Gasteiger partial charge in [-0.15, -0.1) is 0 Å². The SMILES string of the molecule is NC(=O)c1ccc(S(=O)(=O)Nc2cc(F)ccc2Oc2ccc(Br)cc2)cc1CCCCC1CCNCC1. The van der Waals surface area contributed by atoms with E-state index in [1.165, 1.54) is 43.2 Å². The fraction of sp³-hybridized carbons (Fsp3) is 0.321. The molecule has 0 unspecified atom stereocenters. The first kappa shape index (κ1) is 28.1. The predicted octanol–water partition coefficient (Wildman–Crippen LogP) is 5.99. The molecule has 3 aromatic carbocycles. The molecule has 1 amide bonds. The number of carbonyl (C=O) groups excluding carboxylic acids is 1. The Morgan fingerprint density at radius 1 is 1.05 bits per heavy atom. The van der Waals surface area contributed by atoms with E-state index < -0.39 is 21.7 Å². The van der Waals surface area contributed by atoms with Crippen molar-refractivity contribution in [2.75, 3.05) is 17.8 Å². The molecule has 3 aromatic rings. The van der Waals surface area contributed by atoms with Crippen LogP contribution in [-0.2, 0) is 16.4 Å². The topological polar surface area (TPSA) is 111 Å². The summed E-state index contributed by atoms with van der Waals surface area (Å²) in [4.78, 5) is 12.0. The van der Waals surface area contributed by atoms with Gasteiger partial charge < -0.3 is 15.8 Å². The first-order chi connectivity index (χ1) is 18.2. The Kier molecular flexibility index (Phi) is 9.40. The van der Waals surface area contributed by atoms with Crippen molar-refractivity contribution in [3.8, 4) is 11.5 Å². The average molecular weight is 605 g/mol. The molecule has 1 aliphatic rings. The van der Waals surface area contributed by atoms with Crippen molar-refractivity contribution < 1.29 is 22.3 Å². The van der Waals surface area contributed by atoms with Crippen LogP contribution in [0.3, 0.4) is 0 Å². The maximum Gasteiger partial charge on any atom is 0.262 e. The number of nitrogens with two attached hydrogens (primary N) is 1. The molecule has 1 heterocycles. The molecule has 1 fully saturated rings. The summed E-state index contributed by atoms with van der Waals surface area (Å²) in [6, 6.07) is 14.8. The van der Waals surface area contributed by atoms with Crippen LogP contribution < -0.4 is 20.5 Å². The second-order valence-electron chi connectivity index (χ2n) is 9.42. The Hall–Kier alpha value is -2.95. The summed E-state index contributed by atoms with van der Waals surface area (Å²) in [5, 5.41) is 3.36. The summed E-state index contributed by atoms with van der Waals surface area (Å²) < 4.78 is 49.8. The Balaban J connectivity index is 1.51. The molecule has 1 aliphatic heterocycles. The molecule has 7 nitrogen and oxygen atoms in total. The number of piperidine rings is 1. The number of sulfonamides is 1. The van der Waals surface area contributed by atoms with Gasteiger partial charge in [0.2, 0.25) is 5.91 Å². The first-order valence-corrected chi connectivity index (χ1v) is 14.9. The standard InChI is InChI=1S/C28H31BrFN3O4S/c29-21-5-8-23(9-6-21)37-27-12-7-22(30)18-26(27)33-38(35,36)24-10-11-25(28(31)34)20(17-24)4-2-1-3-19-13-15-32-16-14-19/h5-12,17-19,32-33H,1-4,13-16H2,(H2,31,34). The lowest BCUT2D eigenvalue weighted by Crippen LogP contribution is -2.27. The van der Waals surface area contributed by atoms with Gasteiger partial charge in [-0.3, -0.25) is 9.52 Å². The lowest BCUT2D eigenvalue weighted by atomic mass is 9.91. The molecule has 0 radical (unpaired) electrons. The van der Waals surface area contributed by atoms with Gasteiger partial charge in [-0.05, 0) is 105 Å². The number of rotatable bonds is 11. The summed E-state index contributed by atoms with van der Waals surface area (Å²) in [6.07, 6.45) is 5.77. The molecule has 4 N–H and O–H groups in total. The van der Waals surface area contributed by atoms with E-state index in [9.17, 15) is 17.6 Å². The summed E-state index contributed by atoms with van der Waals surface area (Å²) in [5.41, 5.74) is 6.40. The van der Waals surface area contributed by atoms with Gasteiger partial charge >= 0.3 is 0 Å². The zero-order valence-corrected chi connectivity index (χ0v) is 23.3. The van der Waals surface area contributed by atoms with E-state index in [0.29, 0.717) is 29.2 Å². The monoisotopic (exact) mass is 603 g/mol. The van der Waals surface area contributed by atoms with Gasteiger partial charge in [-0.1, -0.05) is 28.8 Å². The maximum atomic E-state index is 14.1. The van der Waals surface area contributed by atoms with Gasteiger partial charge in [0, 0.05) is 16.1 Å². The normalized spacial score (nSPS) is 14.3. The maximum absolute atomic E-state index is 14.1. The number of anilines is 1. The van der Waals surface area contributed by atoms with Crippen molar-refractivity contribution in [2.24, 2.45) is 11.7 Å². The van der Waals surface area contributed by atoms with Gasteiger partial charge in [0.25, 0.3) is 10.0 Å². The third-order valence-corrected chi connectivity index (χ3v) is 8.54. The van der Waals surface area contributed by atoms with Gasteiger partial charge in [0.1, 0.15) is 11.6 Å². The Labute approximate surface area is 231 Å². The van der Waals surface area contributed by atoms with Crippen molar-refractivity contribution in [3.05, 3.63) is 82.1 Å². The number of carbonyl (C=O) groups is 1. The summed E-state index contributed by atoms with van der Waals surface area (Å²) >= 11 is 3.35. The first-order valence-electron chi connectivity index (χ1n) is 12.6. The predicted molar refractivity (Wildman–Crippen MR) is 150 cm³/mol. The smallest absolute Gasteiger partial charge is 0.262 e. The van der Waals surface area contributed by atoms with Crippen molar-refractivity contribution in [1.29, 1.82) is 0 Å². The van der Waals surface area contributed by atoms with E-state index in [2.05, 4.69) is 26.0 Å². The van der Waals surface area contributed by atoms with Crippen LogP contribution in [-0.4, -0.2) is 27.4 Å². The summed E-state index contributed by atoms with van der Waals surface area (Å²) in [7, 11) is -4.13. The third-order valence-electron chi connectivity index (χ3n) is 6.65. The fourth-order valence-corrected chi connectivity index (χ4v) is 5.98. The highest BCUT2D eigenvalue weighted by Crippen LogP contribution is 2.33. The lowest BCUT2D eigenvalue weighted by molar-refractivity contribution is 0.0999. The zero-order chi connectivity index (χ0) is 27.1. The highest BCUT2D eigenvalue weighted by atomic mass is 79.9. The minimum absolute atomic E-state index is 0.0459. The Morgan fingerprint density at radius 2 is 1.79 bits per heavy atom. The molecule has 38 heavy (non-hydrogen) atoms. The van der Waals surface area contributed by atoms with Crippen LogP contribution in [0, 0.1) is 11.7 Å². The molecule has 0 aromatic heterocycles. The number of halogens is 2. The number of amides is 1. The van der Waals surface area contributed by atoms with Crippen LogP contribution in [0.2, 0.25) is 0 Å². The van der Waals surface area contributed by atoms with Crippen molar-refractivity contribution in [3.63, 3.8) is 0 Å². The van der Waals surface area contributed by atoms with Gasteiger partial charge in [-0.25, -0.2) is 12.8 Å². The molecule has 4 rings (SSSR count). The molecule has 0 bridgehead atoms. The second-order valence-corrected chi connectivity index (χ2v) is 12.0. The van der Waals surface area contributed by atoms with Crippen LogP contribution in [0.1, 0.15) is 48.0 Å². The van der Waals surface area contributed by atoms with Crippen LogP contribution >= 0.6 is 15.9 Å². The van der Waals surface area contributed by atoms with Gasteiger partial charge in [0.05, 0.1) is 10.6 Å². The summed E-state index contributed by atoms with van der Waals surface area (Å²) in [6.45, 7) is 2.09. The molecule has 0 aliphatic carbocycles. The van der Waals surface area contributed by atoms with Crippen molar-refractivity contribution >= 4 is 37.5 Å². The molecule has 10 heteroatoms. The number of benzene rings is 3. The second kappa shape index (κ2) is 12.7. The number of hydrogen-bond donors (Lipinski definition) is 3. The lowest BCUT2D eigenvalue weighted by Gasteiger charge is -2.22. The zero-order valence-electron chi connectivity index (χ0n) is 20.9. The van der Waals surface area contributed by atoms with Crippen LogP contribution in [0.25, 0.3) is 0 Å². The van der Waals surface area contributed by atoms with E-state index in [-0.39, 0.29) is 16.3 Å². The fourth-order valence-electron chi connectivity index (χ4n) is 4.61. The molecule has 202 valence electrons. The minimum atomic E-state index is -4.13. The number of nitrogens with one attached hydrogen (secondary N) is 2. The van der Waals surface area contributed by atoms with E-state index in [1.54, 1.807) is 24.3 Å².